The van der Waals surface area contributed by atoms with Crippen molar-refractivity contribution in [2.45, 2.75) is 12.8 Å². The highest BCUT2D eigenvalue weighted by Gasteiger charge is 2.24. The maximum Gasteiger partial charge on any atom is 0.161 e. The summed E-state index contributed by atoms with van der Waals surface area (Å²) in [6.45, 7) is 2.10. The van der Waals surface area contributed by atoms with Crippen molar-refractivity contribution in [3.8, 4) is 17.2 Å². The number of benzene rings is 3. The zero-order valence-corrected chi connectivity index (χ0v) is 15.7. The summed E-state index contributed by atoms with van der Waals surface area (Å²) in [6.07, 6.45) is 2.17. The summed E-state index contributed by atoms with van der Waals surface area (Å²) in [5.74, 6) is 3.23. The zero-order valence-electron chi connectivity index (χ0n) is 15.7. The van der Waals surface area contributed by atoms with Gasteiger partial charge in [0.1, 0.15) is 11.5 Å². The van der Waals surface area contributed by atoms with Gasteiger partial charge in [-0.15, -0.1) is 0 Å². The molecule has 3 heteroatoms. The molecule has 0 aromatic heterocycles. The number of ether oxygens (including phenoxy) is 3. The number of allylic oxidation sites excluding steroid dienone is 1. The van der Waals surface area contributed by atoms with Crippen LogP contribution in [0.3, 0.4) is 0 Å². The largest absolute Gasteiger partial charge is 0.493 e. The number of methoxy groups -OCH3 is 2. The van der Waals surface area contributed by atoms with Gasteiger partial charge in [-0.2, -0.15) is 0 Å². The number of aryl methyl sites for hydroxylation is 1. The summed E-state index contributed by atoms with van der Waals surface area (Å²) in [7, 11) is 3.28. The number of para-hydroxylation sites is 1. The molecule has 0 saturated heterocycles. The van der Waals surface area contributed by atoms with Crippen LogP contribution in [0.4, 0.5) is 0 Å². The summed E-state index contributed by atoms with van der Waals surface area (Å²) >= 11 is 0. The predicted octanol–water partition coefficient (Wildman–Crippen LogP) is 5.58. The number of fused-ring (bicyclic) bond motifs is 1. The maximum absolute atomic E-state index is 6.23. The van der Waals surface area contributed by atoms with E-state index in [9.17, 15) is 0 Å². The Kier molecular flexibility index (Phi) is 4.59. The second-order valence-electron chi connectivity index (χ2n) is 6.63. The van der Waals surface area contributed by atoms with E-state index in [0.717, 1.165) is 17.1 Å². The molecule has 3 aromatic rings. The van der Waals surface area contributed by atoms with Crippen LogP contribution in [0.5, 0.6) is 17.2 Å². The van der Waals surface area contributed by atoms with Gasteiger partial charge in [0.2, 0.25) is 0 Å². The van der Waals surface area contributed by atoms with Crippen molar-refractivity contribution < 1.29 is 14.2 Å². The summed E-state index contributed by atoms with van der Waals surface area (Å²) in [5.41, 5.74) is 4.63. The molecule has 136 valence electrons. The van der Waals surface area contributed by atoms with Gasteiger partial charge in [0, 0.05) is 17.0 Å². The van der Waals surface area contributed by atoms with Crippen molar-refractivity contribution in [2.75, 3.05) is 14.2 Å². The van der Waals surface area contributed by atoms with E-state index >= 15 is 0 Å². The van der Waals surface area contributed by atoms with Crippen LogP contribution in [0.15, 0.2) is 72.8 Å². The van der Waals surface area contributed by atoms with Crippen molar-refractivity contribution in [3.05, 3.63) is 95.1 Å². The first-order valence-corrected chi connectivity index (χ1v) is 8.97. The van der Waals surface area contributed by atoms with Gasteiger partial charge in [0.15, 0.2) is 11.5 Å². The van der Waals surface area contributed by atoms with Crippen molar-refractivity contribution in [1.29, 1.82) is 0 Å². The first kappa shape index (κ1) is 17.2. The highest BCUT2D eigenvalue weighted by atomic mass is 16.5. The lowest BCUT2D eigenvalue weighted by atomic mass is 9.87. The lowest BCUT2D eigenvalue weighted by molar-refractivity contribution is 0.354. The lowest BCUT2D eigenvalue weighted by Crippen LogP contribution is -2.10. The van der Waals surface area contributed by atoms with Gasteiger partial charge in [-0.1, -0.05) is 48.0 Å². The minimum Gasteiger partial charge on any atom is -0.493 e. The van der Waals surface area contributed by atoms with Gasteiger partial charge >= 0.3 is 0 Å². The van der Waals surface area contributed by atoms with Crippen molar-refractivity contribution in [1.82, 2.24) is 0 Å². The van der Waals surface area contributed by atoms with Gasteiger partial charge in [0.05, 0.1) is 14.2 Å². The fraction of sp³-hybridized carbons (Fsp3) is 0.167. The third kappa shape index (κ3) is 3.28. The van der Waals surface area contributed by atoms with Crippen molar-refractivity contribution >= 4 is 5.76 Å². The third-order valence-corrected chi connectivity index (χ3v) is 4.90. The molecule has 0 radical (unpaired) electrons. The second-order valence-corrected chi connectivity index (χ2v) is 6.63. The molecule has 0 N–H and O–H groups in total. The molecule has 27 heavy (non-hydrogen) atoms. The van der Waals surface area contributed by atoms with E-state index in [0.29, 0.717) is 11.5 Å². The molecule has 0 fully saturated rings. The molecule has 0 spiro atoms. The van der Waals surface area contributed by atoms with E-state index < -0.39 is 0 Å². The minimum absolute atomic E-state index is 0.138. The predicted molar refractivity (Wildman–Crippen MR) is 108 cm³/mol. The Balaban J connectivity index is 1.81. The molecule has 3 nitrogen and oxygen atoms in total. The van der Waals surface area contributed by atoms with E-state index in [1.807, 2.05) is 30.3 Å². The van der Waals surface area contributed by atoms with E-state index in [1.165, 1.54) is 16.7 Å². The average molecular weight is 358 g/mol. The standard InChI is InChI=1S/C24H22O3/c1-16-8-10-17(11-9-16)20-15-23(27-21-7-5-4-6-19(20)21)18-12-13-22(25-2)24(14-18)26-3/h4-15,20H,1-3H3. The van der Waals surface area contributed by atoms with Gasteiger partial charge in [-0.3, -0.25) is 0 Å². The molecule has 1 aliphatic rings. The van der Waals surface area contributed by atoms with Crippen LogP contribution in [-0.4, -0.2) is 14.2 Å². The molecule has 3 aromatic carbocycles. The Labute approximate surface area is 159 Å². The number of rotatable bonds is 4. The monoisotopic (exact) mass is 358 g/mol. The molecule has 0 bridgehead atoms. The summed E-state index contributed by atoms with van der Waals surface area (Å²) in [6, 6.07) is 22.7. The second kappa shape index (κ2) is 7.20. The molecule has 0 aliphatic carbocycles. The molecule has 1 aliphatic heterocycles. The van der Waals surface area contributed by atoms with E-state index in [4.69, 9.17) is 14.2 Å². The van der Waals surface area contributed by atoms with Gasteiger partial charge in [-0.25, -0.2) is 0 Å². The Morgan fingerprint density at radius 3 is 2.30 bits per heavy atom. The van der Waals surface area contributed by atoms with Crippen LogP contribution in [0, 0.1) is 6.92 Å². The first-order valence-electron chi connectivity index (χ1n) is 8.97. The van der Waals surface area contributed by atoms with Crippen molar-refractivity contribution in [2.24, 2.45) is 0 Å². The van der Waals surface area contributed by atoms with Crippen LogP contribution in [0.1, 0.15) is 28.2 Å². The van der Waals surface area contributed by atoms with Gasteiger partial charge in [0.25, 0.3) is 0 Å². The van der Waals surface area contributed by atoms with Crippen LogP contribution in [0.2, 0.25) is 0 Å². The SMILES string of the molecule is COc1ccc(C2=CC(c3ccc(C)cc3)c3ccccc3O2)cc1OC. The molecular formula is C24H22O3. The Morgan fingerprint density at radius 1 is 0.815 bits per heavy atom. The number of hydrogen-bond donors (Lipinski definition) is 0. The highest BCUT2D eigenvalue weighted by Crippen LogP contribution is 2.42. The molecule has 1 unspecified atom stereocenters. The molecular weight excluding hydrogens is 336 g/mol. The van der Waals surface area contributed by atoms with Crippen LogP contribution < -0.4 is 14.2 Å². The van der Waals surface area contributed by atoms with Crippen molar-refractivity contribution in [3.63, 3.8) is 0 Å². The topological polar surface area (TPSA) is 27.7 Å². The minimum atomic E-state index is 0.138. The summed E-state index contributed by atoms with van der Waals surface area (Å²) in [5, 5.41) is 0. The van der Waals surface area contributed by atoms with Gasteiger partial charge in [-0.05, 0) is 42.8 Å². The van der Waals surface area contributed by atoms with E-state index in [-0.39, 0.29) is 5.92 Å². The Bertz CT molecular complexity index is 987. The molecule has 0 amide bonds. The summed E-state index contributed by atoms with van der Waals surface area (Å²) in [4.78, 5) is 0. The molecule has 0 saturated carbocycles. The van der Waals surface area contributed by atoms with Gasteiger partial charge < -0.3 is 14.2 Å². The average Bonchev–Trinajstić information content (AvgIpc) is 2.73. The van der Waals surface area contributed by atoms with Crippen LogP contribution in [0.25, 0.3) is 5.76 Å². The third-order valence-electron chi connectivity index (χ3n) is 4.90. The summed E-state index contributed by atoms with van der Waals surface area (Å²) < 4.78 is 17.0. The highest BCUT2D eigenvalue weighted by molar-refractivity contribution is 5.70. The molecule has 1 atom stereocenters. The first-order chi connectivity index (χ1) is 13.2. The normalized spacial score (nSPS) is 15.4. The Hall–Kier alpha value is -3.20. The molecule has 4 rings (SSSR count). The fourth-order valence-electron chi connectivity index (χ4n) is 3.42. The zero-order chi connectivity index (χ0) is 18.8. The maximum atomic E-state index is 6.23. The van der Waals surface area contributed by atoms with Crippen LogP contribution in [-0.2, 0) is 0 Å². The van der Waals surface area contributed by atoms with Crippen LogP contribution >= 0.6 is 0 Å². The van der Waals surface area contributed by atoms with E-state index in [1.54, 1.807) is 14.2 Å². The molecule has 1 heterocycles. The van der Waals surface area contributed by atoms with E-state index in [2.05, 4.69) is 49.4 Å². The number of hydrogen-bond acceptors (Lipinski definition) is 3. The fourth-order valence-corrected chi connectivity index (χ4v) is 3.42. The quantitative estimate of drug-likeness (QED) is 0.609. The Morgan fingerprint density at radius 2 is 1.56 bits per heavy atom. The smallest absolute Gasteiger partial charge is 0.161 e. The lowest BCUT2D eigenvalue weighted by Gasteiger charge is -2.26.